The molecule has 2 aromatic rings. The average Bonchev–Trinajstić information content (AvgIpc) is 2.68. The van der Waals surface area contributed by atoms with Gasteiger partial charge in [0, 0.05) is 13.1 Å². The number of rotatable bonds is 5. The lowest BCUT2D eigenvalue weighted by atomic mass is 10.1. The second kappa shape index (κ2) is 7.96. The van der Waals surface area contributed by atoms with E-state index in [1.807, 2.05) is 0 Å². The molecule has 1 amide bonds. The van der Waals surface area contributed by atoms with Crippen LogP contribution in [0.5, 0.6) is 5.75 Å². The molecule has 0 bridgehead atoms. The number of anilines is 1. The number of carbonyl (C=O) groups excluding carboxylic acids is 1. The monoisotopic (exact) mass is 392 g/mol. The molecular weight excluding hydrogens is 371 g/mol. The molecule has 2 aromatic carbocycles. The van der Waals surface area contributed by atoms with Crippen LogP contribution in [0.1, 0.15) is 29.6 Å². The van der Waals surface area contributed by atoms with E-state index in [1.165, 1.54) is 19.2 Å². The normalized spacial score (nSPS) is 14.7. The van der Waals surface area contributed by atoms with Crippen LogP contribution in [0.4, 0.5) is 10.1 Å². The molecular formula is C19H21FN2O4S. The smallest absolute Gasteiger partial charge is 0.265 e. The van der Waals surface area contributed by atoms with E-state index in [-0.39, 0.29) is 27.8 Å². The van der Waals surface area contributed by atoms with Crippen LogP contribution in [0.15, 0.2) is 47.4 Å². The van der Waals surface area contributed by atoms with Crippen molar-refractivity contribution in [3.05, 3.63) is 53.8 Å². The maximum absolute atomic E-state index is 13.6. The average molecular weight is 392 g/mol. The summed E-state index contributed by atoms with van der Waals surface area (Å²) in [5.41, 5.74) is 0.415. The third-order valence-corrected chi connectivity index (χ3v) is 5.85. The van der Waals surface area contributed by atoms with Gasteiger partial charge in [0.2, 0.25) is 0 Å². The van der Waals surface area contributed by atoms with Crippen LogP contribution < -0.4 is 9.46 Å². The van der Waals surface area contributed by atoms with Gasteiger partial charge >= 0.3 is 0 Å². The Morgan fingerprint density at radius 1 is 1.11 bits per heavy atom. The molecule has 0 spiro atoms. The van der Waals surface area contributed by atoms with Gasteiger partial charge in [-0.05, 0) is 49.6 Å². The number of piperidine rings is 1. The van der Waals surface area contributed by atoms with Crippen molar-refractivity contribution in [1.29, 1.82) is 0 Å². The summed E-state index contributed by atoms with van der Waals surface area (Å²) in [6.07, 6.45) is 2.94. The molecule has 1 saturated heterocycles. The zero-order valence-corrected chi connectivity index (χ0v) is 15.8. The van der Waals surface area contributed by atoms with Gasteiger partial charge in [-0.2, -0.15) is 0 Å². The molecule has 1 N–H and O–H groups in total. The minimum atomic E-state index is -4.15. The molecule has 8 heteroatoms. The van der Waals surface area contributed by atoms with Gasteiger partial charge in [-0.1, -0.05) is 12.1 Å². The van der Waals surface area contributed by atoms with E-state index in [1.54, 1.807) is 23.1 Å². The lowest BCUT2D eigenvalue weighted by Crippen LogP contribution is -2.36. The van der Waals surface area contributed by atoms with E-state index >= 15 is 0 Å². The highest BCUT2D eigenvalue weighted by Gasteiger charge is 2.25. The molecule has 1 fully saturated rings. The first kappa shape index (κ1) is 19.2. The Labute approximate surface area is 158 Å². The number of para-hydroxylation sites is 1. The number of carbonyl (C=O) groups is 1. The van der Waals surface area contributed by atoms with Crippen LogP contribution in [-0.4, -0.2) is 39.4 Å². The maximum Gasteiger partial charge on any atom is 0.265 e. The summed E-state index contributed by atoms with van der Waals surface area (Å²) < 4.78 is 46.6. The second-order valence-corrected chi connectivity index (χ2v) is 7.95. The molecule has 0 aromatic heterocycles. The number of hydrogen-bond acceptors (Lipinski definition) is 4. The quantitative estimate of drug-likeness (QED) is 0.847. The van der Waals surface area contributed by atoms with Gasteiger partial charge in [0.1, 0.15) is 16.5 Å². The Balaban J connectivity index is 1.94. The first-order chi connectivity index (χ1) is 12.9. The summed E-state index contributed by atoms with van der Waals surface area (Å²) in [6.45, 7) is 1.30. The van der Waals surface area contributed by atoms with Gasteiger partial charge < -0.3 is 9.64 Å². The second-order valence-electron chi connectivity index (χ2n) is 6.30. The summed E-state index contributed by atoms with van der Waals surface area (Å²) in [5, 5.41) is 0. The van der Waals surface area contributed by atoms with E-state index in [4.69, 9.17) is 4.74 Å². The van der Waals surface area contributed by atoms with E-state index in [0.717, 1.165) is 31.4 Å². The number of sulfonamides is 1. The number of benzene rings is 2. The van der Waals surface area contributed by atoms with Crippen molar-refractivity contribution in [2.75, 3.05) is 24.9 Å². The Bertz CT molecular complexity index is 940. The number of methoxy groups -OCH3 is 1. The Kier molecular flexibility index (Phi) is 5.65. The fourth-order valence-corrected chi connectivity index (χ4v) is 4.35. The summed E-state index contributed by atoms with van der Waals surface area (Å²) in [7, 11) is -2.85. The molecule has 1 heterocycles. The van der Waals surface area contributed by atoms with Gasteiger partial charge in [-0.15, -0.1) is 0 Å². The Hall–Kier alpha value is -2.61. The van der Waals surface area contributed by atoms with Crippen molar-refractivity contribution in [3.8, 4) is 5.75 Å². The van der Waals surface area contributed by atoms with E-state index in [2.05, 4.69) is 4.72 Å². The highest BCUT2D eigenvalue weighted by Crippen LogP contribution is 2.28. The number of nitrogens with zero attached hydrogens (tertiary/aromatic N) is 1. The largest absolute Gasteiger partial charge is 0.495 e. The molecule has 0 atom stereocenters. The summed E-state index contributed by atoms with van der Waals surface area (Å²) in [4.78, 5) is 14.2. The minimum Gasteiger partial charge on any atom is -0.495 e. The summed E-state index contributed by atoms with van der Waals surface area (Å²) in [5.74, 6) is -0.906. The third kappa shape index (κ3) is 4.21. The van der Waals surface area contributed by atoms with Gasteiger partial charge in [0.05, 0.1) is 18.4 Å². The Morgan fingerprint density at radius 2 is 1.81 bits per heavy atom. The molecule has 1 aliphatic rings. The van der Waals surface area contributed by atoms with E-state index in [9.17, 15) is 17.6 Å². The number of halogens is 1. The summed E-state index contributed by atoms with van der Waals surface area (Å²) in [6, 6.07) is 9.65. The van der Waals surface area contributed by atoms with Gasteiger partial charge in [-0.3, -0.25) is 9.52 Å². The first-order valence-corrected chi connectivity index (χ1v) is 10.2. The molecule has 1 aliphatic heterocycles. The van der Waals surface area contributed by atoms with Gasteiger partial charge in [-0.25, -0.2) is 12.8 Å². The van der Waals surface area contributed by atoms with Crippen molar-refractivity contribution in [3.63, 3.8) is 0 Å². The molecule has 144 valence electrons. The van der Waals surface area contributed by atoms with Crippen LogP contribution >= 0.6 is 0 Å². The van der Waals surface area contributed by atoms with Crippen molar-refractivity contribution in [1.82, 2.24) is 4.90 Å². The fourth-order valence-electron chi connectivity index (χ4n) is 3.09. The predicted molar refractivity (Wildman–Crippen MR) is 100.0 cm³/mol. The van der Waals surface area contributed by atoms with Crippen LogP contribution in [0, 0.1) is 5.82 Å². The van der Waals surface area contributed by atoms with Gasteiger partial charge in [0.15, 0.2) is 0 Å². The molecule has 0 radical (unpaired) electrons. The van der Waals surface area contributed by atoms with Crippen LogP contribution in [0.3, 0.4) is 0 Å². The highest BCUT2D eigenvalue weighted by atomic mass is 32.2. The third-order valence-electron chi connectivity index (χ3n) is 4.46. The lowest BCUT2D eigenvalue weighted by molar-refractivity contribution is 0.0725. The van der Waals surface area contributed by atoms with Crippen molar-refractivity contribution in [2.24, 2.45) is 0 Å². The Morgan fingerprint density at radius 3 is 2.52 bits per heavy atom. The predicted octanol–water partition coefficient (Wildman–Crippen LogP) is 3.26. The molecule has 0 aliphatic carbocycles. The SMILES string of the molecule is COc1ccc(F)cc1S(=O)(=O)Nc1ccccc1C(=O)N1CCCCC1. The van der Waals surface area contributed by atoms with E-state index in [0.29, 0.717) is 13.1 Å². The topological polar surface area (TPSA) is 75.7 Å². The first-order valence-electron chi connectivity index (χ1n) is 8.67. The summed E-state index contributed by atoms with van der Waals surface area (Å²) >= 11 is 0. The number of likely N-dealkylation sites (tertiary alicyclic amines) is 1. The molecule has 3 rings (SSSR count). The number of hydrogen-bond donors (Lipinski definition) is 1. The number of ether oxygens (including phenoxy) is 1. The molecule has 0 saturated carbocycles. The van der Waals surface area contributed by atoms with Crippen LogP contribution in [0.25, 0.3) is 0 Å². The van der Waals surface area contributed by atoms with Crippen LogP contribution in [0.2, 0.25) is 0 Å². The number of nitrogens with one attached hydrogen (secondary N) is 1. The highest BCUT2D eigenvalue weighted by molar-refractivity contribution is 7.92. The van der Waals surface area contributed by atoms with Crippen molar-refractivity contribution >= 4 is 21.6 Å². The zero-order chi connectivity index (χ0) is 19.4. The zero-order valence-electron chi connectivity index (χ0n) is 14.9. The molecule has 27 heavy (non-hydrogen) atoms. The van der Waals surface area contributed by atoms with Crippen LogP contribution in [-0.2, 0) is 10.0 Å². The lowest BCUT2D eigenvalue weighted by Gasteiger charge is -2.27. The molecule has 6 nitrogen and oxygen atoms in total. The van der Waals surface area contributed by atoms with E-state index < -0.39 is 15.8 Å². The number of amides is 1. The molecule has 0 unspecified atom stereocenters. The van der Waals surface area contributed by atoms with Gasteiger partial charge in [0.25, 0.3) is 15.9 Å². The fraction of sp³-hybridized carbons (Fsp3) is 0.316. The standard InChI is InChI=1S/C19H21FN2O4S/c1-26-17-10-9-14(20)13-18(17)27(24,25)21-16-8-4-3-7-15(16)19(23)22-11-5-2-6-12-22/h3-4,7-10,13,21H,2,5-6,11-12H2,1H3. The van der Waals surface area contributed by atoms with Crippen molar-refractivity contribution < 1.29 is 22.3 Å². The van der Waals surface area contributed by atoms with Crippen molar-refractivity contribution in [2.45, 2.75) is 24.2 Å². The maximum atomic E-state index is 13.6. The minimum absolute atomic E-state index is 0.0174.